The Morgan fingerprint density at radius 2 is 2.46 bits per heavy atom. The lowest BCUT2D eigenvalue weighted by Gasteiger charge is -2.22. The Morgan fingerprint density at radius 3 is 2.92 bits per heavy atom. The topological polar surface area (TPSA) is 50.9 Å². The number of hydrogen-bond acceptors (Lipinski definition) is 3. The van der Waals surface area contributed by atoms with Crippen LogP contribution >= 0.6 is 0 Å². The van der Waals surface area contributed by atoms with Crippen molar-refractivity contribution in [1.82, 2.24) is 15.0 Å². The summed E-state index contributed by atoms with van der Waals surface area (Å²) in [5.41, 5.74) is 1.20. The average molecular weight is 181 g/mol. The van der Waals surface area contributed by atoms with Crippen LogP contribution in [0.1, 0.15) is 31.9 Å². The van der Waals surface area contributed by atoms with Crippen molar-refractivity contribution in [3.8, 4) is 0 Å². The van der Waals surface area contributed by atoms with Gasteiger partial charge in [-0.05, 0) is 19.3 Å². The van der Waals surface area contributed by atoms with Gasteiger partial charge in [0.2, 0.25) is 0 Å². The number of aromatic nitrogens is 3. The summed E-state index contributed by atoms with van der Waals surface area (Å²) in [6, 6.07) is 0. The van der Waals surface area contributed by atoms with Gasteiger partial charge < -0.3 is 5.11 Å². The van der Waals surface area contributed by atoms with Crippen LogP contribution in [0.4, 0.5) is 0 Å². The second-order valence-electron chi connectivity index (χ2n) is 4.20. The highest BCUT2D eigenvalue weighted by Crippen LogP contribution is 2.39. The summed E-state index contributed by atoms with van der Waals surface area (Å²) in [5, 5.41) is 17.3. The molecule has 1 saturated carbocycles. The standard InChI is InChI=1S/C9H15N3O/c1-9(4-3-7(13)5-9)8-6-10-11-12(8)2/h6-7,13H,3-5H2,1-2H3. The first kappa shape index (κ1) is 8.69. The van der Waals surface area contributed by atoms with E-state index in [0.717, 1.165) is 25.0 Å². The number of aliphatic hydroxyl groups excluding tert-OH is 1. The third-order valence-electron chi connectivity index (χ3n) is 3.05. The largest absolute Gasteiger partial charge is 0.393 e. The van der Waals surface area contributed by atoms with Crippen molar-refractivity contribution >= 4 is 0 Å². The molecule has 13 heavy (non-hydrogen) atoms. The van der Waals surface area contributed by atoms with Crippen LogP contribution in [0.5, 0.6) is 0 Å². The second kappa shape index (κ2) is 2.80. The van der Waals surface area contributed by atoms with Crippen LogP contribution < -0.4 is 0 Å². The molecule has 72 valence electrons. The Morgan fingerprint density at radius 1 is 1.69 bits per heavy atom. The van der Waals surface area contributed by atoms with E-state index >= 15 is 0 Å². The van der Waals surface area contributed by atoms with Gasteiger partial charge in [-0.15, -0.1) is 5.10 Å². The molecule has 1 aromatic heterocycles. The average Bonchev–Trinajstić information content (AvgIpc) is 2.59. The maximum absolute atomic E-state index is 9.50. The Hall–Kier alpha value is -0.900. The highest BCUT2D eigenvalue weighted by atomic mass is 16.3. The van der Waals surface area contributed by atoms with Crippen molar-refractivity contribution < 1.29 is 5.11 Å². The molecule has 4 heteroatoms. The summed E-state index contributed by atoms with van der Waals surface area (Å²) < 4.78 is 1.80. The monoisotopic (exact) mass is 181 g/mol. The van der Waals surface area contributed by atoms with Gasteiger partial charge in [0.1, 0.15) is 0 Å². The van der Waals surface area contributed by atoms with Crippen LogP contribution in [0.15, 0.2) is 6.20 Å². The smallest absolute Gasteiger partial charge is 0.0730 e. The molecule has 0 spiro atoms. The van der Waals surface area contributed by atoms with Gasteiger partial charge in [-0.1, -0.05) is 12.1 Å². The van der Waals surface area contributed by atoms with E-state index < -0.39 is 0 Å². The zero-order valence-electron chi connectivity index (χ0n) is 8.06. The van der Waals surface area contributed by atoms with Crippen LogP contribution in [-0.2, 0) is 12.5 Å². The highest BCUT2D eigenvalue weighted by molar-refractivity contribution is 5.14. The van der Waals surface area contributed by atoms with E-state index in [9.17, 15) is 5.11 Å². The minimum absolute atomic E-state index is 0.0671. The van der Waals surface area contributed by atoms with Crippen molar-refractivity contribution in [1.29, 1.82) is 0 Å². The van der Waals surface area contributed by atoms with E-state index in [4.69, 9.17) is 0 Å². The van der Waals surface area contributed by atoms with E-state index in [1.165, 1.54) is 0 Å². The minimum Gasteiger partial charge on any atom is -0.393 e. The van der Waals surface area contributed by atoms with Crippen LogP contribution in [0.3, 0.4) is 0 Å². The molecule has 0 aromatic carbocycles. The quantitative estimate of drug-likeness (QED) is 0.691. The van der Waals surface area contributed by atoms with Crippen LogP contribution in [0.25, 0.3) is 0 Å². The van der Waals surface area contributed by atoms with Crippen molar-refractivity contribution in [2.24, 2.45) is 7.05 Å². The molecule has 1 N–H and O–H groups in total. The maximum atomic E-state index is 9.50. The van der Waals surface area contributed by atoms with Crippen LogP contribution in [-0.4, -0.2) is 26.2 Å². The van der Waals surface area contributed by atoms with Crippen LogP contribution in [0.2, 0.25) is 0 Å². The molecule has 1 aliphatic rings. The van der Waals surface area contributed by atoms with Crippen molar-refractivity contribution in [3.63, 3.8) is 0 Å². The fourth-order valence-electron chi connectivity index (χ4n) is 2.28. The molecule has 1 aromatic rings. The van der Waals surface area contributed by atoms with E-state index in [2.05, 4.69) is 17.2 Å². The van der Waals surface area contributed by atoms with Gasteiger partial charge in [0.25, 0.3) is 0 Å². The first-order valence-corrected chi connectivity index (χ1v) is 4.65. The van der Waals surface area contributed by atoms with Gasteiger partial charge in [-0.2, -0.15) is 0 Å². The van der Waals surface area contributed by atoms with Gasteiger partial charge in [0.15, 0.2) is 0 Å². The molecule has 1 heterocycles. The maximum Gasteiger partial charge on any atom is 0.0730 e. The van der Waals surface area contributed by atoms with E-state index in [1.54, 1.807) is 10.9 Å². The predicted octanol–water partition coefficient (Wildman–Crippen LogP) is 0.618. The molecule has 1 fully saturated rings. The number of nitrogens with zero attached hydrogens (tertiary/aromatic N) is 3. The number of hydrogen-bond donors (Lipinski definition) is 1. The Labute approximate surface area is 77.6 Å². The molecular weight excluding hydrogens is 166 g/mol. The van der Waals surface area contributed by atoms with Gasteiger partial charge in [-0.3, -0.25) is 4.68 Å². The summed E-state index contributed by atoms with van der Waals surface area (Å²) >= 11 is 0. The zero-order chi connectivity index (χ0) is 9.47. The van der Waals surface area contributed by atoms with E-state index in [0.29, 0.717) is 0 Å². The Balaban J connectivity index is 2.30. The van der Waals surface area contributed by atoms with E-state index in [1.807, 2.05) is 7.05 Å². The molecule has 1 aliphatic carbocycles. The normalized spacial score (nSPS) is 33.9. The summed E-state index contributed by atoms with van der Waals surface area (Å²) in [7, 11) is 1.90. The lowest BCUT2D eigenvalue weighted by Crippen LogP contribution is -2.22. The molecule has 0 radical (unpaired) electrons. The molecule has 2 atom stereocenters. The molecule has 2 unspecified atom stereocenters. The first-order valence-electron chi connectivity index (χ1n) is 4.65. The SMILES string of the molecule is Cn1nncc1C1(C)CCC(O)C1. The van der Waals surface area contributed by atoms with Crippen molar-refractivity contribution in [2.45, 2.75) is 37.7 Å². The minimum atomic E-state index is -0.153. The van der Waals surface area contributed by atoms with Crippen LogP contribution in [0, 0.1) is 0 Å². The molecule has 4 nitrogen and oxygen atoms in total. The second-order valence-corrected chi connectivity index (χ2v) is 4.20. The summed E-state index contributed by atoms with van der Waals surface area (Å²) in [6.45, 7) is 2.17. The zero-order valence-corrected chi connectivity index (χ0v) is 8.06. The molecular formula is C9H15N3O. The lowest BCUT2D eigenvalue weighted by atomic mass is 9.85. The van der Waals surface area contributed by atoms with Gasteiger partial charge in [-0.25, -0.2) is 0 Å². The molecule has 0 bridgehead atoms. The Kier molecular flexibility index (Phi) is 1.87. The first-order chi connectivity index (χ1) is 6.12. The third kappa shape index (κ3) is 1.35. The van der Waals surface area contributed by atoms with Gasteiger partial charge in [0, 0.05) is 12.5 Å². The summed E-state index contributed by atoms with van der Waals surface area (Å²) in [4.78, 5) is 0. The van der Waals surface area contributed by atoms with Crippen molar-refractivity contribution in [3.05, 3.63) is 11.9 Å². The third-order valence-corrected chi connectivity index (χ3v) is 3.05. The number of rotatable bonds is 1. The summed E-state index contributed by atoms with van der Waals surface area (Å²) in [6.07, 6.45) is 4.39. The lowest BCUT2D eigenvalue weighted by molar-refractivity contribution is 0.174. The highest BCUT2D eigenvalue weighted by Gasteiger charge is 2.37. The van der Waals surface area contributed by atoms with Gasteiger partial charge in [0.05, 0.1) is 18.0 Å². The number of aryl methyl sites for hydroxylation is 1. The fourth-order valence-corrected chi connectivity index (χ4v) is 2.28. The molecule has 0 aliphatic heterocycles. The van der Waals surface area contributed by atoms with Gasteiger partial charge >= 0.3 is 0 Å². The fraction of sp³-hybridized carbons (Fsp3) is 0.778. The van der Waals surface area contributed by atoms with Crippen molar-refractivity contribution in [2.75, 3.05) is 0 Å². The number of aliphatic hydroxyl groups is 1. The molecule has 0 amide bonds. The predicted molar refractivity (Wildman–Crippen MR) is 48.2 cm³/mol. The molecule has 0 saturated heterocycles. The van der Waals surface area contributed by atoms with E-state index in [-0.39, 0.29) is 11.5 Å². The Bertz CT molecular complexity index is 310. The molecule has 2 rings (SSSR count). The summed E-state index contributed by atoms with van der Waals surface area (Å²) in [5.74, 6) is 0.